The fraction of sp³-hybridized carbons (Fsp3) is 0. The minimum Gasteiger partial charge on any atom is -0.812 e. The molecule has 0 aliphatic carbocycles. The number of hydrogen-bond acceptors (Lipinski definition) is 4. The molecule has 32 valence electrons. The molecule has 7 heavy (non-hydrogen) atoms. The molecular formula is C2N2O2Zn. The molecule has 0 radical (unpaired) electrons. The van der Waals surface area contributed by atoms with Crippen molar-refractivity contribution in [2.75, 3.05) is 0 Å². The van der Waals surface area contributed by atoms with Crippen molar-refractivity contribution in [1.82, 2.24) is 0 Å². The summed E-state index contributed by atoms with van der Waals surface area (Å²) in [6, 6.07) is 0. The molecule has 0 aromatic carbocycles. The predicted molar refractivity (Wildman–Crippen MR) is 11.2 cm³/mol. The topological polar surface area (TPSA) is 93.7 Å². The quantitative estimate of drug-likeness (QED) is 0.285. The van der Waals surface area contributed by atoms with Crippen LogP contribution in [0.2, 0.25) is 0 Å². The van der Waals surface area contributed by atoms with E-state index < -0.39 is 0 Å². The molecule has 0 amide bonds. The third kappa shape index (κ3) is 84.1. The summed E-state index contributed by atoms with van der Waals surface area (Å²) in [5.74, 6) is 0. The van der Waals surface area contributed by atoms with Crippen LogP contribution in [0.5, 0.6) is 0 Å². The van der Waals surface area contributed by atoms with Crippen LogP contribution < -0.4 is 10.2 Å². The van der Waals surface area contributed by atoms with Crippen LogP contribution >= 0.6 is 0 Å². The first kappa shape index (κ1) is 16.4. The molecule has 0 spiro atoms. The van der Waals surface area contributed by atoms with Gasteiger partial charge in [-0.1, -0.05) is 0 Å². The molecule has 0 aromatic heterocycles. The molecule has 0 aromatic rings. The van der Waals surface area contributed by atoms with Gasteiger partial charge in [0.2, 0.25) is 0 Å². The number of nitriles is 2. The Kier molecular flexibility index (Phi) is 148. The van der Waals surface area contributed by atoms with E-state index in [4.69, 9.17) is 20.7 Å². The van der Waals surface area contributed by atoms with E-state index in [2.05, 4.69) is 0 Å². The van der Waals surface area contributed by atoms with E-state index in [1.54, 1.807) is 0 Å². The summed E-state index contributed by atoms with van der Waals surface area (Å²) in [4.78, 5) is 0. The fourth-order valence-corrected chi connectivity index (χ4v) is 0. The van der Waals surface area contributed by atoms with Gasteiger partial charge < -0.3 is 10.2 Å². The molecule has 0 saturated heterocycles. The van der Waals surface area contributed by atoms with Crippen molar-refractivity contribution in [2.45, 2.75) is 0 Å². The predicted octanol–water partition coefficient (Wildman–Crippen LogP) is -2.35. The van der Waals surface area contributed by atoms with Crippen LogP contribution in [-0.4, -0.2) is 0 Å². The van der Waals surface area contributed by atoms with Crippen LogP contribution in [0.1, 0.15) is 0 Å². The van der Waals surface area contributed by atoms with Crippen molar-refractivity contribution in [3.05, 3.63) is 0 Å². The summed E-state index contributed by atoms with van der Waals surface area (Å²) in [5.41, 5.74) is 0. The average molecular weight is 149 g/mol. The van der Waals surface area contributed by atoms with Gasteiger partial charge >= 0.3 is 19.5 Å². The fourth-order valence-electron chi connectivity index (χ4n) is 0. The second-order valence-electron chi connectivity index (χ2n) is 0.183. The molecule has 0 aliphatic heterocycles. The number of nitrogens with zero attached hydrogens (tertiary/aromatic N) is 2. The van der Waals surface area contributed by atoms with Crippen molar-refractivity contribution in [2.24, 2.45) is 0 Å². The van der Waals surface area contributed by atoms with E-state index in [0.717, 1.165) is 0 Å². The Morgan fingerprint density at radius 1 is 1.00 bits per heavy atom. The van der Waals surface area contributed by atoms with Gasteiger partial charge in [-0.25, -0.2) is 10.5 Å². The van der Waals surface area contributed by atoms with Crippen LogP contribution in [0.4, 0.5) is 0 Å². The average Bonchev–Trinajstić information content (AvgIpc) is 1.39. The van der Waals surface area contributed by atoms with Gasteiger partial charge in [-0.15, -0.1) is 0 Å². The number of hydrogen-bond donors (Lipinski definition) is 0. The SMILES string of the molecule is N#C[O-].N#C[O-].[Zn+2]. The van der Waals surface area contributed by atoms with Crippen molar-refractivity contribution in [1.29, 1.82) is 10.5 Å². The molecule has 0 unspecified atom stereocenters. The van der Waals surface area contributed by atoms with E-state index in [1.807, 2.05) is 0 Å². The summed E-state index contributed by atoms with van der Waals surface area (Å²) in [5, 5.41) is 30.0. The Morgan fingerprint density at radius 2 is 1.00 bits per heavy atom. The van der Waals surface area contributed by atoms with Gasteiger partial charge in [-0.3, -0.25) is 0 Å². The van der Waals surface area contributed by atoms with Gasteiger partial charge in [-0.05, 0) is 0 Å². The zero-order chi connectivity index (χ0) is 5.41. The first-order valence-electron chi connectivity index (χ1n) is 0.855. The van der Waals surface area contributed by atoms with Gasteiger partial charge in [0, 0.05) is 12.5 Å². The Hall–Kier alpha value is -0.797. The van der Waals surface area contributed by atoms with Crippen molar-refractivity contribution >= 4 is 0 Å². The summed E-state index contributed by atoms with van der Waals surface area (Å²) in [6.45, 7) is 0. The van der Waals surface area contributed by atoms with E-state index in [1.165, 1.54) is 0 Å². The van der Waals surface area contributed by atoms with E-state index >= 15 is 0 Å². The van der Waals surface area contributed by atoms with Gasteiger partial charge in [-0.2, -0.15) is 0 Å². The van der Waals surface area contributed by atoms with Crippen LogP contribution in [0, 0.1) is 23.0 Å². The minimum absolute atomic E-state index is 0. The molecule has 0 fully saturated rings. The normalized spacial score (nSPS) is 2.00. The molecule has 0 aliphatic rings. The van der Waals surface area contributed by atoms with Gasteiger partial charge in [0.15, 0.2) is 0 Å². The molecule has 0 bridgehead atoms. The minimum atomic E-state index is 0. The van der Waals surface area contributed by atoms with E-state index in [0.29, 0.717) is 12.5 Å². The van der Waals surface area contributed by atoms with Gasteiger partial charge in [0.1, 0.15) is 0 Å². The second-order valence-corrected chi connectivity index (χ2v) is 0.183. The van der Waals surface area contributed by atoms with E-state index in [9.17, 15) is 0 Å². The molecule has 5 heteroatoms. The van der Waals surface area contributed by atoms with Crippen LogP contribution in [0.3, 0.4) is 0 Å². The van der Waals surface area contributed by atoms with E-state index in [-0.39, 0.29) is 19.5 Å². The molecule has 0 heterocycles. The molecule has 0 atom stereocenters. The maximum absolute atomic E-state index is 8.24. The zero-order valence-electron chi connectivity index (χ0n) is 3.42. The third-order valence-corrected chi connectivity index (χ3v) is 0. The first-order valence-corrected chi connectivity index (χ1v) is 0.855. The molecule has 0 N–H and O–H groups in total. The largest absolute Gasteiger partial charge is 2.00 e. The third-order valence-electron chi connectivity index (χ3n) is 0. The summed E-state index contributed by atoms with van der Waals surface area (Å²) < 4.78 is 0. The second kappa shape index (κ2) is 63.5. The maximum Gasteiger partial charge on any atom is 2.00 e. The Morgan fingerprint density at radius 3 is 1.00 bits per heavy atom. The standard InChI is InChI=1S/2CHNO.Zn/c2*2-1-3;/h2*3H;/q;;+2/p-2. The van der Waals surface area contributed by atoms with Crippen LogP contribution in [0.15, 0.2) is 0 Å². The maximum atomic E-state index is 8.24. The van der Waals surface area contributed by atoms with Gasteiger partial charge in [0.25, 0.3) is 0 Å². The zero-order valence-corrected chi connectivity index (χ0v) is 6.39. The van der Waals surface area contributed by atoms with Crippen molar-refractivity contribution in [3.8, 4) is 12.5 Å². The van der Waals surface area contributed by atoms with Crippen molar-refractivity contribution in [3.63, 3.8) is 0 Å². The molecule has 4 nitrogen and oxygen atoms in total. The Labute approximate surface area is 53.4 Å². The monoisotopic (exact) mass is 148 g/mol. The smallest absolute Gasteiger partial charge is 0.812 e. The van der Waals surface area contributed by atoms with Crippen molar-refractivity contribution < 1.29 is 29.7 Å². The molecular weight excluding hydrogens is 149 g/mol. The Bertz CT molecular complexity index is 68.7. The summed E-state index contributed by atoms with van der Waals surface area (Å²) in [6.07, 6.45) is 1.00. The first-order chi connectivity index (χ1) is 2.83. The molecule has 0 rings (SSSR count). The summed E-state index contributed by atoms with van der Waals surface area (Å²) >= 11 is 0. The van der Waals surface area contributed by atoms with Crippen LogP contribution in [-0.2, 0) is 19.5 Å². The van der Waals surface area contributed by atoms with Gasteiger partial charge in [0.05, 0.1) is 0 Å². The van der Waals surface area contributed by atoms with Crippen LogP contribution in [0.25, 0.3) is 0 Å². The Balaban J connectivity index is -0.0000000400. The summed E-state index contributed by atoms with van der Waals surface area (Å²) in [7, 11) is 0. The number of rotatable bonds is 0. The molecule has 0 saturated carbocycles.